The summed E-state index contributed by atoms with van der Waals surface area (Å²) in [7, 11) is 0. The zero-order valence-corrected chi connectivity index (χ0v) is 21.9. The summed E-state index contributed by atoms with van der Waals surface area (Å²) in [4.78, 5) is 28.8. The minimum absolute atomic E-state index is 0.152. The van der Waals surface area contributed by atoms with E-state index in [4.69, 9.17) is 21.1 Å². The van der Waals surface area contributed by atoms with Gasteiger partial charge in [0.25, 0.3) is 11.5 Å². The first-order valence-corrected chi connectivity index (χ1v) is 13.0. The van der Waals surface area contributed by atoms with Crippen LogP contribution in [0.4, 0.5) is 11.4 Å². The number of halogens is 1. The van der Waals surface area contributed by atoms with Crippen LogP contribution in [-0.2, 0) is 4.74 Å². The van der Waals surface area contributed by atoms with Gasteiger partial charge in [-0.3, -0.25) is 14.5 Å². The Morgan fingerprint density at radius 1 is 1.00 bits per heavy atom. The van der Waals surface area contributed by atoms with Crippen LogP contribution in [-0.4, -0.2) is 60.0 Å². The lowest BCUT2D eigenvalue weighted by molar-refractivity contribution is 0.0383. The van der Waals surface area contributed by atoms with E-state index in [-0.39, 0.29) is 17.3 Å². The van der Waals surface area contributed by atoms with Crippen LogP contribution in [0.1, 0.15) is 10.4 Å². The van der Waals surface area contributed by atoms with Crippen LogP contribution >= 0.6 is 11.6 Å². The average Bonchev–Trinajstić information content (AvgIpc) is 2.97. The van der Waals surface area contributed by atoms with Crippen LogP contribution in [0.15, 0.2) is 89.9 Å². The van der Waals surface area contributed by atoms with Crippen molar-refractivity contribution in [2.24, 2.45) is 0 Å². The Balaban J connectivity index is 1.40. The maximum Gasteiger partial charge on any atom is 0.299 e. The normalized spacial score (nSPS) is 13.6. The molecule has 1 saturated heterocycles. The molecule has 1 aliphatic rings. The monoisotopic (exact) mass is 545 g/mol. The molecule has 2 N–H and O–H groups in total. The highest BCUT2D eigenvalue weighted by Crippen LogP contribution is 2.29. The van der Waals surface area contributed by atoms with Gasteiger partial charge in [-0.2, -0.15) is 9.78 Å². The molecule has 0 bridgehead atoms. The molecule has 1 aliphatic heterocycles. The second-order valence-electron chi connectivity index (χ2n) is 8.88. The number of amides is 1. The third-order valence-corrected chi connectivity index (χ3v) is 6.53. The third kappa shape index (κ3) is 6.64. The molecule has 1 aromatic heterocycles. The van der Waals surface area contributed by atoms with E-state index in [2.05, 4.69) is 20.6 Å². The van der Waals surface area contributed by atoms with Gasteiger partial charge in [-0.05, 0) is 42.5 Å². The standard InChI is InChI=1S/C29H28ClN5O4/c30-24-11-4-5-12-25(24)35-29(37)27(26(20-32-35)39-23-9-2-1-3-10-23)33-22-8-6-7-21(19-22)28(36)31-13-14-34-15-17-38-18-16-34/h1-12,19-20,33H,13-18H2,(H,31,36). The molecule has 9 nitrogen and oxygen atoms in total. The minimum atomic E-state index is -0.461. The lowest BCUT2D eigenvalue weighted by Gasteiger charge is -2.26. The quantitative estimate of drug-likeness (QED) is 0.320. The van der Waals surface area contributed by atoms with Crippen molar-refractivity contribution in [2.75, 3.05) is 44.7 Å². The number of nitrogens with one attached hydrogen (secondary N) is 2. The van der Waals surface area contributed by atoms with E-state index >= 15 is 0 Å². The molecule has 0 aliphatic carbocycles. The number of hydrogen-bond acceptors (Lipinski definition) is 7. The summed E-state index contributed by atoms with van der Waals surface area (Å²) in [5.74, 6) is 0.580. The number of benzene rings is 3. The van der Waals surface area contributed by atoms with Gasteiger partial charge in [0.15, 0.2) is 11.4 Å². The predicted molar refractivity (Wildman–Crippen MR) is 151 cm³/mol. The fraction of sp³-hybridized carbons (Fsp3) is 0.207. The molecule has 3 aromatic carbocycles. The van der Waals surface area contributed by atoms with E-state index in [1.165, 1.54) is 10.9 Å². The maximum atomic E-state index is 13.7. The lowest BCUT2D eigenvalue weighted by atomic mass is 10.2. The van der Waals surface area contributed by atoms with Crippen LogP contribution in [0.5, 0.6) is 11.5 Å². The molecule has 39 heavy (non-hydrogen) atoms. The van der Waals surface area contributed by atoms with Gasteiger partial charge in [0.05, 0.1) is 30.1 Å². The highest BCUT2D eigenvalue weighted by atomic mass is 35.5. The van der Waals surface area contributed by atoms with Crippen molar-refractivity contribution in [2.45, 2.75) is 0 Å². The first-order chi connectivity index (χ1) is 19.1. The number of ether oxygens (including phenoxy) is 2. The molecule has 10 heteroatoms. The van der Waals surface area contributed by atoms with Gasteiger partial charge in [0.2, 0.25) is 0 Å². The number of hydrogen-bond donors (Lipinski definition) is 2. The van der Waals surface area contributed by atoms with Crippen molar-refractivity contribution < 1.29 is 14.3 Å². The van der Waals surface area contributed by atoms with E-state index < -0.39 is 5.56 Å². The van der Waals surface area contributed by atoms with Crippen LogP contribution in [0, 0.1) is 0 Å². The summed E-state index contributed by atoms with van der Waals surface area (Å²) >= 11 is 6.35. The molecule has 4 aromatic rings. The molecule has 200 valence electrons. The van der Waals surface area contributed by atoms with Gasteiger partial charge >= 0.3 is 0 Å². The van der Waals surface area contributed by atoms with Crippen molar-refractivity contribution in [3.8, 4) is 17.2 Å². The zero-order valence-electron chi connectivity index (χ0n) is 21.2. The van der Waals surface area contributed by atoms with Crippen molar-refractivity contribution >= 4 is 28.9 Å². The lowest BCUT2D eigenvalue weighted by Crippen LogP contribution is -2.41. The molecular weight excluding hydrogens is 518 g/mol. The van der Waals surface area contributed by atoms with Crippen LogP contribution in [0.2, 0.25) is 5.02 Å². The van der Waals surface area contributed by atoms with Gasteiger partial charge in [0.1, 0.15) is 5.75 Å². The predicted octanol–water partition coefficient (Wildman–Crippen LogP) is 4.48. The topological polar surface area (TPSA) is 97.7 Å². The van der Waals surface area contributed by atoms with Crippen molar-refractivity contribution in [3.05, 3.63) is 106 Å². The van der Waals surface area contributed by atoms with Gasteiger partial charge in [0, 0.05) is 37.4 Å². The van der Waals surface area contributed by atoms with Gasteiger partial charge in [-0.15, -0.1) is 0 Å². The molecule has 2 heterocycles. The fourth-order valence-corrected chi connectivity index (χ4v) is 4.39. The van der Waals surface area contributed by atoms with E-state index in [1.807, 2.05) is 18.2 Å². The molecule has 1 amide bonds. The molecule has 0 unspecified atom stereocenters. The molecule has 5 rings (SSSR count). The number of morpholine rings is 1. The fourth-order valence-electron chi connectivity index (χ4n) is 4.18. The minimum Gasteiger partial charge on any atom is -0.453 e. The Bertz CT molecular complexity index is 1490. The van der Waals surface area contributed by atoms with Crippen molar-refractivity contribution in [3.63, 3.8) is 0 Å². The van der Waals surface area contributed by atoms with Crippen LogP contribution in [0.25, 0.3) is 5.69 Å². The number of rotatable bonds is 9. The van der Waals surface area contributed by atoms with Crippen molar-refractivity contribution in [1.82, 2.24) is 20.0 Å². The highest BCUT2D eigenvalue weighted by Gasteiger charge is 2.17. The third-order valence-electron chi connectivity index (χ3n) is 6.21. The number of carbonyl (C=O) groups is 1. The average molecular weight is 546 g/mol. The number of para-hydroxylation sites is 2. The summed E-state index contributed by atoms with van der Waals surface area (Å²) < 4.78 is 12.6. The first kappa shape index (κ1) is 26.4. The first-order valence-electron chi connectivity index (χ1n) is 12.6. The van der Waals surface area contributed by atoms with Gasteiger partial charge in [-0.25, -0.2) is 0 Å². The van der Waals surface area contributed by atoms with E-state index in [9.17, 15) is 9.59 Å². The summed E-state index contributed by atoms with van der Waals surface area (Å²) in [5.41, 5.74) is 1.14. The Hall–Kier alpha value is -4.18. The Labute approximate surface area is 230 Å². The number of aromatic nitrogens is 2. The summed E-state index contributed by atoms with van der Waals surface area (Å²) in [6.07, 6.45) is 1.46. The largest absolute Gasteiger partial charge is 0.453 e. The SMILES string of the molecule is O=C(NCCN1CCOCC1)c1cccc(Nc2c(Oc3ccccc3)cnn(-c3ccccc3Cl)c2=O)c1. The molecule has 0 saturated carbocycles. The second-order valence-corrected chi connectivity index (χ2v) is 9.29. The Morgan fingerprint density at radius 3 is 2.56 bits per heavy atom. The number of carbonyl (C=O) groups excluding carboxylic acids is 1. The Morgan fingerprint density at radius 2 is 1.77 bits per heavy atom. The zero-order chi connectivity index (χ0) is 27.0. The summed E-state index contributed by atoms with van der Waals surface area (Å²) in [6, 6.07) is 23.0. The smallest absolute Gasteiger partial charge is 0.299 e. The van der Waals surface area contributed by atoms with E-state index in [0.717, 1.165) is 19.6 Å². The molecule has 0 spiro atoms. The molecule has 1 fully saturated rings. The van der Waals surface area contributed by atoms with E-state index in [0.29, 0.717) is 47.5 Å². The van der Waals surface area contributed by atoms with Gasteiger partial charge < -0.3 is 20.1 Å². The Kier molecular flexibility index (Phi) is 8.52. The van der Waals surface area contributed by atoms with Crippen LogP contribution < -0.4 is 20.9 Å². The summed E-state index contributed by atoms with van der Waals surface area (Å²) in [6.45, 7) is 4.43. The highest BCUT2D eigenvalue weighted by molar-refractivity contribution is 6.32. The molecular formula is C29H28ClN5O4. The number of nitrogens with zero attached hydrogens (tertiary/aromatic N) is 3. The van der Waals surface area contributed by atoms with E-state index in [1.54, 1.807) is 60.7 Å². The maximum absolute atomic E-state index is 13.7. The second kappa shape index (κ2) is 12.6. The number of anilines is 2. The van der Waals surface area contributed by atoms with Crippen molar-refractivity contribution in [1.29, 1.82) is 0 Å². The summed E-state index contributed by atoms with van der Waals surface area (Å²) in [5, 5.41) is 10.8. The molecule has 0 radical (unpaired) electrons. The molecule has 0 atom stereocenters. The van der Waals surface area contributed by atoms with Crippen LogP contribution in [0.3, 0.4) is 0 Å². The van der Waals surface area contributed by atoms with Gasteiger partial charge in [-0.1, -0.05) is 48.0 Å².